The van der Waals surface area contributed by atoms with Crippen LogP contribution in [0.25, 0.3) is 0 Å². The zero-order valence-corrected chi connectivity index (χ0v) is 17.7. The Labute approximate surface area is 187 Å². The number of hydrogen-bond donors (Lipinski definition) is 1. The van der Waals surface area contributed by atoms with Gasteiger partial charge in [-0.15, -0.1) is 0 Å². The van der Waals surface area contributed by atoms with Crippen LogP contribution in [0.2, 0.25) is 10.0 Å². The third-order valence-electron chi connectivity index (χ3n) is 4.24. The Hall–Kier alpha value is -2.90. The molecule has 9 heteroatoms. The molecule has 0 saturated carbocycles. The first-order valence-corrected chi connectivity index (χ1v) is 9.73. The minimum atomic E-state index is -4.38. The Balaban J connectivity index is 1.65. The SMILES string of the molecule is COc1cc(C=NNc2ccc(C(F)(F)F)cc2)ccc1OCc1c(Cl)cccc1Cl. The van der Waals surface area contributed by atoms with Crippen molar-refractivity contribution in [2.45, 2.75) is 12.8 Å². The van der Waals surface area contributed by atoms with Crippen molar-refractivity contribution in [3.05, 3.63) is 87.4 Å². The zero-order chi connectivity index (χ0) is 22.4. The van der Waals surface area contributed by atoms with Gasteiger partial charge in [-0.05, 0) is 60.2 Å². The van der Waals surface area contributed by atoms with Crippen LogP contribution in [0.1, 0.15) is 16.7 Å². The summed E-state index contributed by atoms with van der Waals surface area (Å²) in [5, 5.41) is 5.05. The molecule has 0 unspecified atom stereocenters. The van der Waals surface area contributed by atoms with E-state index >= 15 is 0 Å². The third kappa shape index (κ3) is 6.06. The van der Waals surface area contributed by atoms with Crippen molar-refractivity contribution >= 4 is 35.1 Å². The van der Waals surface area contributed by atoms with Crippen molar-refractivity contribution in [3.63, 3.8) is 0 Å². The first-order valence-electron chi connectivity index (χ1n) is 8.98. The summed E-state index contributed by atoms with van der Waals surface area (Å²) in [5.74, 6) is 0.966. The monoisotopic (exact) mass is 468 g/mol. The van der Waals surface area contributed by atoms with Gasteiger partial charge in [0.05, 0.1) is 24.6 Å². The molecule has 1 N–H and O–H groups in total. The van der Waals surface area contributed by atoms with E-state index in [9.17, 15) is 13.2 Å². The smallest absolute Gasteiger partial charge is 0.416 e. The van der Waals surface area contributed by atoms with Gasteiger partial charge in [-0.1, -0.05) is 29.3 Å². The summed E-state index contributed by atoms with van der Waals surface area (Å²) in [5.41, 5.74) is 3.75. The molecule has 0 bridgehead atoms. The molecule has 4 nitrogen and oxygen atoms in total. The van der Waals surface area contributed by atoms with Crippen molar-refractivity contribution in [1.29, 1.82) is 0 Å². The maximum absolute atomic E-state index is 12.6. The molecule has 3 aromatic rings. The standard InChI is InChI=1S/C22H17Cl2F3N2O2/c1-30-21-11-14(12-28-29-16-8-6-15(7-9-16)22(25,26)27)5-10-20(21)31-13-17-18(23)3-2-4-19(17)24/h2-12,29H,13H2,1H3. The first-order chi connectivity index (χ1) is 14.8. The van der Waals surface area contributed by atoms with Gasteiger partial charge in [0.25, 0.3) is 0 Å². The molecule has 0 amide bonds. The number of halogens is 5. The minimum absolute atomic E-state index is 0.164. The number of ether oxygens (including phenoxy) is 2. The number of alkyl halides is 3. The predicted molar refractivity (Wildman–Crippen MR) is 116 cm³/mol. The van der Waals surface area contributed by atoms with Crippen LogP contribution in [0, 0.1) is 0 Å². The number of benzene rings is 3. The van der Waals surface area contributed by atoms with Crippen LogP contribution < -0.4 is 14.9 Å². The van der Waals surface area contributed by atoms with E-state index in [1.807, 2.05) is 0 Å². The minimum Gasteiger partial charge on any atom is -0.493 e. The fourth-order valence-electron chi connectivity index (χ4n) is 2.62. The molecule has 0 fully saturated rings. The Morgan fingerprint density at radius 3 is 2.26 bits per heavy atom. The largest absolute Gasteiger partial charge is 0.493 e. The maximum atomic E-state index is 12.6. The molecule has 3 rings (SSSR count). The van der Waals surface area contributed by atoms with E-state index in [-0.39, 0.29) is 6.61 Å². The van der Waals surface area contributed by atoms with Crippen LogP contribution in [0.4, 0.5) is 18.9 Å². The second-order valence-electron chi connectivity index (χ2n) is 6.34. The van der Waals surface area contributed by atoms with Gasteiger partial charge < -0.3 is 9.47 Å². The summed E-state index contributed by atoms with van der Waals surface area (Å²) in [6.07, 6.45) is -2.87. The van der Waals surface area contributed by atoms with Crippen LogP contribution >= 0.6 is 23.2 Å². The zero-order valence-electron chi connectivity index (χ0n) is 16.2. The van der Waals surface area contributed by atoms with Gasteiger partial charge in [-0.3, -0.25) is 5.43 Å². The van der Waals surface area contributed by atoms with E-state index in [1.54, 1.807) is 36.4 Å². The van der Waals surface area contributed by atoms with Crippen LogP contribution in [0.15, 0.2) is 65.8 Å². The van der Waals surface area contributed by atoms with Crippen LogP contribution in [0.5, 0.6) is 11.5 Å². The quantitative estimate of drug-likeness (QED) is 0.298. The molecular weight excluding hydrogens is 452 g/mol. The van der Waals surface area contributed by atoms with E-state index in [4.69, 9.17) is 32.7 Å². The second-order valence-corrected chi connectivity index (χ2v) is 7.16. The molecule has 0 atom stereocenters. The summed E-state index contributed by atoms with van der Waals surface area (Å²) in [7, 11) is 1.51. The molecule has 3 aromatic carbocycles. The Morgan fingerprint density at radius 2 is 1.65 bits per heavy atom. The lowest BCUT2D eigenvalue weighted by Gasteiger charge is -2.13. The van der Waals surface area contributed by atoms with Gasteiger partial charge in [0.2, 0.25) is 0 Å². The van der Waals surface area contributed by atoms with Crippen molar-refractivity contribution in [2.75, 3.05) is 12.5 Å². The summed E-state index contributed by atoms with van der Waals surface area (Å²) >= 11 is 12.3. The molecule has 0 heterocycles. The molecule has 0 aromatic heterocycles. The average Bonchev–Trinajstić information content (AvgIpc) is 2.73. The predicted octanol–water partition coefficient (Wildman–Crippen LogP) is 7.05. The molecule has 0 aliphatic carbocycles. The first kappa shape index (κ1) is 22.8. The van der Waals surface area contributed by atoms with Crippen molar-refractivity contribution in [2.24, 2.45) is 5.10 Å². The molecule has 0 radical (unpaired) electrons. The number of methoxy groups -OCH3 is 1. The Morgan fingerprint density at radius 1 is 0.968 bits per heavy atom. The molecular formula is C22H17Cl2F3N2O2. The van der Waals surface area contributed by atoms with Gasteiger partial charge in [0, 0.05) is 15.6 Å². The third-order valence-corrected chi connectivity index (χ3v) is 4.95. The molecule has 0 aliphatic heterocycles. The molecule has 31 heavy (non-hydrogen) atoms. The van der Waals surface area contributed by atoms with E-state index in [1.165, 1.54) is 25.5 Å². The van der Waals surface area contributed by atoms with Crippen molar-refractivity contribution in [1.82, 2.24) is 0 Å². The highest BCUT2D eigenvalue weighted by atomic mass is 35.5. The van der Waals surface area contributed by atoms with Gasteiger partial charge in [-0.2, -0.15) is 18.3 Å². The highest BCUT2D eigenvalue weighted by Crippen LogP contribution is 2.32. The van der Waals surface area contributed by atoms with Crippen molar-refractivity contribution < 1.29 is 22.6 Å². The van der Waals surface area contributed by atoms with E-state index in [2.05, 4.69) is 10.5 Å². The number of hydrazone groups is 1. The summed E-state index contributed by atoms with van der Waals surface area (Å²) in [6, 6.07) is 15.0. The normalized spacial score (nSPS) is 11.5. The lowest BCUT2D eigenvalue weighted by atomic mass is 10.2. The number of anilines is 1. The highest BCUT2D eigenvalue weighted by Gasteiger charge is 2.29. The van der Waals surface area contributed by atoms with Gasteiger partial charge in [0.15, 0.2) is 11.5 Å². The lowest BCUT2D eigenvalue weighted by Crippen LogP contribution is -2.04. The number of nitrogens with zero attached hydrogens (tertiary/aromatic N) is 1. The summed E-state index contributed by atoms with van der Waals surface area (Å²) in [6.45, 7) is 0.164. The Kier molecular flexibility index (Phi) is 7.30. The maximum Gasteiger partial charge on any atom is 0.416 e. The summed E-state index contributed by atoms with van der Waals surface area (Å²) in [4.78, 5) is 0. The fourth-order valence-corrected chi connectivity index (χ4v) is 3.13. The number of nitrogens with one attached hydrogen (secondary N) is 1. The Bertz CT molecular complexity index is 1050. The van der Waals surface area contributed by atoms with Gasteiger partial charge >= 0.3 is 6.18 Å². The van der Waals surface area contributed by atoms with Crippen LogP contribution in [-0.2, 0) is 12.8 Å². The molecule has 0 saturated heterocycles. The molecule has 0 aliphatic rings. The summed E-state index contributed by atoms with van der Waals surface area (Å²) < 4.78 is 49.0. The van der Waals surface area contributed by atoms with E-state index in [0.717, 1.165) is 12.1 Å². The lowest BCUT2D eigenvalue weighted by molar-refractivity contribution is -0.137. The van der Waals surface area contributed by atoms with E-state index in [0.29, 0.717) is 38.4 Å². The fraction of sp³-hybridized carbons (Fsp3) is 0.136. The van der Waals surface area contributed by atoms with Crippen LogP contribution in [0.3, 0.4) is 0 Å². The molecule has 162 valence electrons. The number of rotatable bonds is 7. The second kappa shape index (κ2) is 9.94. The highest BCUT2D eigenvalue weighted by molar-refractivity contribution is 6.35. The van der Waals surface area contributed by atoms with Gasteiger partial charge in [0.1, 0.15) is 6.61 Å². The molecule has 0 spiro atoms. The average molecular weight is 469 g/mol. The topological polar surface area (TPSA) is 42.8 Å². The van der Waals surface area contributed by atoms with Gasteiger partial charge in [-0.25, -0.2) is 0 Å². The van der Waals surface area contributed by atoms with Crippen molar-refractivity contribution in [3.8, 4) is 11.5 Å². The van der Waals surface area contributed by atoms with E-state index < -0.39 is 11.7 Å². The number of hydrogen-bond acceptors (Lipinski definition) is 4. The van der Waals surface area contributed by atoms with Crippen LogP contribution in [-0.4, -0.2) is 13.3 Å².